The first-order valence-corrected chi connectivity index (χ1v) is 7.63. The third kappa shape index (κ3) is 4.86. The number of carbonyl (C=O) groups is 2. The average molecular weight is 290 g/mol. The fourth-order valence-corrected chi connectivity index (χ4v) is 2.68. The molecule has 1 saturated heterocycles. The number of amides is 2. The van der Waals surface area contributed by atoms with Gasteiger partial charge in [-0.1, -0.05) is 43.7 Å². The summed E-state index contributed by atoms with van der Waals surface area (Å²) in [6.45, 7) is 4.32. The minimum Gasteiger partial charge on any atom is -0.346 e. The Hall–Kier alpha value is -1.88. The van der Waals surface area contributed by atoms with Crippen molar-refractivity contribution in [1.82, 2.24) is 10.6 Å². The van der Waals surface area contributed by atoms with Crippen LogP contribution in [0.25, 0.3) is 0 Å². The number of hydrogen-bond acceptors (Lipinski definition) is 2. The molecular formula is C16H24N3O2+. The Morgan fingerprint density at radius 3 is 2.81 bits per heavy atom. The molecule has 2 amide bonds. The highest BCUT2D eigenvalue weighted by Gasteiger charge is 2.23. The van der Waals surface area contributed by atoms with E-state index in [9.17, 15) is 9.59 Å². The molecule has 3 N–H and O–H groups in total. The van der Waals surface area contributed by atoms with E-state index in [2.05, 4.69) is 17.6 Å². The maximum absolute atomic E-state index is 12.2. The number of piperazine rings is 1. The van der Waals surface area contributed by atoms with Crippen molar-refractivity contribution in [3.8, 4) is 0 Å². The summed E-state index contributed by atoms with van der Waals surface area (Å²) in [6, 6.07) is 10.1. The first-order valence-electron chi connectivity index (χ1n) is 7.63. The van der Waals surface area contributed by atoms with Crippen LogP contribution in [-0.4, -0.2) is 38.0 Å². The summed E-state index contributed by atoms with van der Waals surface area (Å²) in [5.41, 5.74) is 1.14. The first kappa shape index (κ1) is 15.5. The lowest BCUT2D eigenvalue weighted by molar-refractivity contribution is -0.885. The molecule has 1 heterocycles. The molecule has 5 nitrogen and oxygen atoms in total. The molecule has 21 heavy (non-hydrogen) atoms. The summed E-state index contributed by atoms with van der Waals surface area (Å²) >= 11 is 0. The predicted molar refractivity (Wildman–Crippen MR) is 80.8 cm³/mol. The molecule has 0 saturated carbocycles. The fraction of sp³-hybridized carbons (Fsp3) is 0.500. The summed E-state index contributed by atoms with van der Waals surface area (Å²) in [5.74, 6) is 0.0409. The van der Waals surface area contributed by atoms with Crippen LogP contribution in [0.2, 0.25) is 0 Å². The molecule has 0 spiro atoms. The van der Waals surface area contributed by atoms with Crippen LogP contribution in [0.5, 0.6) is 0 Å². The third-order valence-corrected chi connectivity index (χ3v) is 3.74. The van der Waals surface area contributed by atoms with E-state index in [0.29, 0.717) is 19.6 Å². The molecule has 1 aliphatic rings. The zero-order valence-corrected chi connectivity index (χ0v) is 12.5. The lowest BCUT2D eigenvalue weighted by Gasteiger charge is -2.24. The first-order chi connectivity index (χ1) is 10.2. The van der Waals surface area contributed by atoms with Gasteiger partial charge in [0.15, 0.2) is 13.1 Å². The van der Waals surface area contributed by atoms with Gasteiger partial charge in [-0.2, -0.15) is 0 Å². The summed E-state index contributed by atoms with van der Waals surface area (Å²) in [7, 11) is 0. The quantitative estimate of drug-likeness (QED) is 0.671. The average Bonchev–Trinajstić information content (AvgIpc) is 2.47. The van der Waals surface area contributed by atoms with E-state index in [0.717, 1.165) is 29.8 Å². The summed E-state index contributed by atoms with van der Waals surface area (Å²) in [4.78, 5) is 24.6. The van der Waals surface area contributed by atoms with Crippen LogP contribution in [0.4, 0.5) is 0 Å². The van der Waals surface area contributed by atoms with Crippen molar-refractivity contribution in [3.63, 3.8) is 0 Å². The molecule has 1 unspecified atom stereocenters. The van der Waals surface area contributed by atoms with Gasteiger partial charge in [-0.25, -0.2) is 0 Å². The lowest BCUT2D eigenvalue weighted by Crippen LogP contribution is -3.16. The van der Waals surface area contributed by atoms with Crippen LogP contribution in [0.3, 0.4) is 0 Å². The second-order valence-electron chi connectivity index (χ2n) is 5.52. The standard InChI is InChI=1S/C16H23N3O2/c1-2-6-14(13-7-4-3-5-8-13)18-16(21)12-19-10-9-17-15(20)11-19/h3-5,7-8,14H,2,6,9-12H2,1H3,(H,17,20)(H,18,21)/p+1/t14-/m1/s1. The molecule has 2 atom stereocenters. The number of quaternary nitrogens is 1. The van der Waals surface area contributed by atoms with E-state index in [4.69, 9.17) is 0 Å². The minimum absolute atomic E-state index is 0.0157. The fourth-order valence-electron chi connectivity index (χ4n) is 2.68. The number of nitrogens with one attached hydrogen (secondary N) is 3. The van der Waals surface area contributed by atoms with Crippen LogP contribution in [0.15, 0.2) is 30.3 Å². The van der Waals surface area contributed by atoms with Crippen molar-refractivity contribution in [2.75, 3.05) is 26.2 Å². The number of hydrogen-bond donors (Lipinski definition) is 3. The molecule has 1 aromatic rings. The van der Waals surface area contributed by atoms with Gasteiger partial charge < -0.3 is 15.5 Å². The largest absolute Gasteiger partial charge is 0.346 e. The van der Waals surface area contributed by atoms with Gasteiger partial charge in [0, 0.05) is 0 Å². The smallest absolute Gasteiger partial charge is 0.275 e. The minimum atomic E-state index is 0.0157. The predicted octanol–water partition coefficient (Wildman–Crippen LogP) is -0.341. The number of benzene rings is 1. The van der Waals surface area contributed by atoms with Gasteiger partial charge in [0.05, 0.1) is 19.1 Å². The third-order valence-electron chi connectivity index (χ3n) is 3.74. The van der Waals surface area contributed by atoms with Gasteiger partial charge in [-0.05, 0) is 12.0 Å². The Labute approximate surface area is 125 Å². The topological polar surface area (TPSA) is 62.6 Å². The van der Waals surface area contributed by atoms with Crippen molar-refractivity contribution in [3.05, 3.63) is 35.9 Å². The highest BCUT2D eigenvalue weighted by atomic mass is 16.2. The Kier molecular flexibility index (Phi) is 5.75. The summed E-state index contributed by atoms with van der Waals surface area (Å²) in [6.07, 6.45) is 1.93. The van der Waals surface area contributed by atoms with E-state index < -0.39 is 0 Å². The van der Waals surface area contributed by atoms with Crippen LogP contribution < -0.4 is 15.5 Å². The van der Waals surface area contributed by atoms with Crippen molar-refractivity contribution >= 4 is 11.8 Å². The molecule has 1 aliphatic heterocycles. The van der Waals surface area contributed by atoms with Crippen LogP contribution in [-0.2, 0) is 9.59 Å². The molecule has 1 aromatic carbocycles. The Bertz CT molecular complexity index is 476. The molecule has 114 valence electrons. The van der Waals surface area contributed by atoms with Crippen LogP contribution in [0, 0.1) is 0 Å². The second kappa shape index (κ2) is 7.78. The SMILES string of the molecule is CCC[C@@H](NC(=O)C[NH+]1CCNC(=O)C1)c1ccccc1. The monoisotopic (exact) mass is 290 g/mol. The van der Waals surface area contributed by atoms with E-state index in [1.165, 1.54) is 0 Å². The van der Waals surface area contributed by atoms with E-state index in [-0.39, 0.29) is 17.9 Å². The van der Waals surface area contributed by atoms with Gasteiger partial charge in [0.2, 0.25) is 0 Å². The maximum atomic E-state index is 12.2. The lowest BCUT2D eigenvalue weighted by atomic mass is 10.0. The normalized spacial score (nSPS) is 19.7. The molecule has 5 heteroatoms. The van der Waals surface area contributed by atoms with E-state index >= 15 is 0 Å². The van der Waals surface area contributed by atoms with Gasteiger partial charge in [-0.15, -0.1) is 0 Å². The Morgan fingerprint density at radius 2 is 2.14 bits per heavy atom. The molecule has 0 bridgehead atoms. The maximum Gasteiger partial charge on any atom is 0.275 e. The number of carbonyl (C=O) groups excluding carboxylic acids is 2. The summed E-state index contributed by atoms with van der Waals surface area (Å²) < 4.78 is 0. The van der Waals surface area contributed by atoms with E-state index in [1.807, 2.05) is 30.3 Å². The van der Waals surface area contributed by atoms with Crippen LogP contribution in [0.1, 0.15) is 31.4 Å². The molecule has 0 aromatic heterocycles. The van der Waals surface area contributed by atoms with Crippen molar-refractivity contribution < 1.29 is 14.5 Å². The zero-order chi connectivity index (χ0) is 15.1. The highest BCUT2D eigenvalue weighted by Crippen LogP contribution is 2.17. The molecule has 0 radical (unpaired) electrons. The molecule has 1 fully saturated rings. The van der Waals surface area contributed by atoms with Gasteiger partial charge in [0.25, 0.3) is 11.8 Å². The highest BCUT2D eigenvalue weighted by molar-refractivity contribution is 5.79. The van der Waals surface area contributed by atoms with Crippen LogP contribution >= 0.6 is 0 Å². The molecule has 2 rings (SSSR count). The van der Waals surface area contributed by atoms with Gasteiger partial charge >= 0.3 is 0 Å². The van der Waals surface area contributed by atoms with Gasteiger partial charge in [0.1, 0.15) is 0 Å². The second-order valence-corrected chi connectivity index (χ2v) is 5.52. The Morgan fingerprint density at radius 1 is 1.38 bits per heavy atom. The molecular weight excluding hydrogens is 266 g/mol. The number of rotatable bonds is 6. The summed E-state index contributed by atoms with van der Waals surface area (Å²) in [5, 5.41) is 5.89. The van der Waals surface area contributed by atoms with Gasteiger partial charge in [-0.3, -0.25) is 9.59 Å². The molecule has 0 aliphatic carbocycles. The van der Waals surface area contributed by atoms with E-state index in [1.54, 1.807) is 0 Å². The van der Waals surface area contributed by atoms with Crippen molar-refractivity contribution in [2.24, 2.45) is 0 Å². The van der Waals surface area contributed by atoms with Crippen molar-refractivity contribution in [2.45, 2.75) is 25.8 Å². The zero-order valence-electron chi connectivity index (χ0n) is 12.5. The Balaban J connectivity index is 1.90. The van der Waals surface area contributed by atoms with Crippen molar-refractivity contribution in [1.29, 1.82) is 0 Å².